The van der Waals surface area contributed by atoms with Gasteiger partial charge in [0.15, 0.2) is 0 Å². The molecule has 2 aliphatic carbocycles. The monoisotopic (exact) mass is 550 g/mol. The van der Waals surface area contributed by atoms with Gasteiger partial charge in [0.25, 0.3) is 0 Å². The molecule has 2 aliphatic rings. The van der Waals surface area contributed by atoms with Gasteiger partial charge in [-0.05, 0) is 12.8 Å². The third-order valence-corrected chi connectivity index (χ3v) is 3.17. The van der Waals surface area contributed by atoms with E-state index in [1.165, 1.54) is 59.8 Å². The summed E-state index contributed by atoms with van der Waals surface area (Å²) in [4.78, 5) is 0. The maximum Gasteiger partial charge on any atom is -1.00 e. The molecule has 0 aromatic rings. The fourth-order valence-corrected chi connectivity index (χ4v) is 2.29. The molecular weight excluding hydrogens is 518 g/mol. The van der Waals surface area contributed by atoms with Crippen molar-refractivity contribution in [3.8, 4) is 0 Å². The van der Waals surface area contributed by atoms with E-state index in [-0.39, 0.29) is 30.3 Å². The summed E-state index contributed by atoms with van der Waals surface area (Å²) in [7, 11) is 0. The van der Waals surface area contributed by atoms with Crippen LogP contribution in [0.4, 0.5) is 0 Å². The van der Waals surface area contributed by atoms with E-state index in [2.05, 4.69) is 65.1 Å². The van der Waals surface area contributed by atoms with Gasteiger partial charge in [0.1, 0.15) is 0 Å². The van der Waals surface area contributed by atoms with Crippen molar-refractivity contribution in [1.82, 2.24) is 0 Å². The zero-order chi connectivity index (χ0) is 17.0. The molecule has 0 bridgehead atoms. The SMILES string of the molecule is CCCC1=CC(C)=[C-]C1.CCCC1=CC(C)=[C-]C1.C[Si](C)=[Hf+2].[Cl-].[Cl-]. The average Bonchev–Trinajstić information content (AvgIpc) is 3.00. The maximum atomic E-state index is 3.28. The summed E-state index contributed by atoms with van der Waals surface area (Å²) in [6.07, 6.45) is 18.3. The van der Waals surface area contributed by atoms with Crippen LogP contribution in [0.3, 0.4) is 0 Å². The average molecular weight is 550 g/mol. The number of hydrogen-bond donors (Lipinski definition) is 0. The summed E-state index contributed by atoms with van der Waals surface area (Å²) in [5.74, 6) is 0. The fraction of sp³-hybridized carbons (Fsp3) is 0.600. The van der Waals surface area contributed by atoms with Crippen molar-refractivity contribution in [3.05, 3.63) is 46.6 Å². The molecular formula is C20H32Cl2HfSi-2. The first-order chi connectivity index (χ1) is 10.4. The summed E-state index contributed by atoms with van der Waals surface area (Å²) >= 11 is 1.45. The number of allylic oxidation sites excluding steroid dienone is 8. The molecule has 0 radical (unpaired) electrons. The second kappa shape index (κ2) is 18.4. The molecule has 0 amide bonds. The van der Waals surface area contributed by atoms with E-state index < -0.39 is 0 Å². The van der Waals surface area contributed by atoms with Crippen LogP contribution in [0.25, 0.3) is 0 Å². The fourth-order valence-electron chi connectivity index (χ4n) is 2.29. The van der Waals surface area contributed by atoms with Crippen molar-refractivity contribution in [2.24, 2.45) is 0 Å². The Morgan fingerprint density at radius 3 is 1.33 bits per heavy atom. The molecule has 0 aromatic carbocycles. The van der Waals surface area contributed by atoms with E-state index in [9.17, 15) is 0 Å². The standard InChI is InChI=1S/2C9H13.C2H6Si.2ClH.Hf/c2*1-3-4-9-6-5-8(2)7-9;1-3-2;;;/h2*7H,3-4,6H2,1-2H3;1-2H3;2*1H;/q2*-1;;;;+2/p-2. The minimum Gasteiger partial charge on any atom is -1.00 e. The molecule has 24 heavy (non-hydrogen) atoms. The van der Waals surface area contributed by atoms with Crippen LogP contribution < -0.4 is 24.8 Å². The molecule has 0 N–H and O–H groups in total. The Morgan fingerprint density at radius 2 is 1.17 bits per heavy atom. The minimum absolute atomic E-state index is 0. The van der Waals surface area contributed by atoms with Crippen LogP contribution in [0.2, 0.25) is 13.1 Å². The Labute approximate surface area is 178 Å². The quantitative estimate of drug-likeness (QED) is 0.355. The van der Waals surface area contributed by atoms with Crippen molar-refractivity contribution in [1.29, 1.82) is 0 Å². The molecule has 0 aromatic heterocycles. The third-order valence-electron chi connectivity index (χ3n) is 3.17. The molecule has 0 unspecified atom stereocenters. The van der Waals surface area contributed by atoms with Crippen LogP contribution in [0.15, 0.2) is 34.4 Å². The van der Waals surface area contributed by atoms with E-state index in [4.69, 9.17) is 0 Å². The molecule has 0 nitrogen and oxygen atoms in total. The second-order valence-corrected chi connectivity index (χ2v) is 19.0. The van der Waals surface area contributed by atoms with Gasteiger partial charge >= 0.3 is 41.6 Å². The minimum atomic E-state index is 0. The molecule has 0 heterocycles. The second-order valence-electron chi connectivity index (χ2n) is 6.18. The van der Waals surface area contributed by atoms with Crippen molar-refractivity contribution in [3.63, 3.8) is 0 Å². The van der Waals surface area contributed by atoms with Crippen LogP contribution in [0.1, 0.15) is 66.2 Å². The zero-order valence-electron chi connectivity index (χ0n) is 16.2. The number of rotatable bonds is 4. The molecule has 0 atom stereocenters. The van der Waals surface area contributed by atoms with Gasteiger partial charge in [-0.2, -0.15) is 11.1 Å². The summed E-state index contributed by atoms with van der Waals surface area (Å²) in [6, 6.07) is 0. The summed E-state index contributed by atoms with van der Waals surface area (Å²) < 4.78 is 0. The predicted octanol–water partition coefficient (Wildman–Crippen LogP) is 0.524. The first kappa shape index (κ1) is 29.4. The molecule has 0 spiro atoms. The van der Waals surface area contributed by atoms with Crippen molar-refractivity contribution >= 4 is 5.49 Å². The topological polar surface area (TPSA) is 0 Å². The van der Waals surface area contributed by atoms with Gasteiger partial charge in [-0.15, -0.1) is 12.8 Å². The number of hydrogen-bond acceptors (Lipinski definition) is 0. The Balaban J connectivity index is -0.000000283. The van der Waals surface area contributed by atoms with Crippen LogP contribution >= 0.6 is 0 Å². The Kier molecular flexibility index (Phi) is 22.6. The van der Waals surface area contributed by atoms with Gasteiger partial charge in [0, 0.05) is 0 Å². The van der Waals surface area contributed by atoms with E-state index in [1.54, 1.807) is 11.1 Å². The van der Waals surface area contributed by atoms with Gasteiger partial charge in [-0.25, -0.2) is 23.3 Å². The summed E-state index contributed by atoms with van der Waals surface area (Å²) in [5, 5.41) is 0. The van der Waals surface area contributed by atoms with Gasteiger partial charge in [0.05, 0.1) is 0 Å². The molecule has 4 heteroatoms. The molecule has 0 fully saturated rings. The first-order valence-corrected chi connectivity index (χ1v) is 16.3. The molecule has 0 saturated carbocycles. The molecule has 0 aliphatic heterocycles. The summed E-state index contributed by atoms with van der Waals surface area (Å²) in [6.45, 7) is 13.3. The first-order valence-electron chi connectivity index (χ1n) is 8.44. The van der Waals surface area contributed by atoms with Gasteiger partial charge in [0.2, 0.25) is 0 Å². The van der Waals surface area contributed by atoms with E-state index in [0.717, 1.165) is 12.8 Å². The molecule has 0 saturated heterocycles. The van der Waals surface area contributed by atoms with E-state index in [0.29, 0.717) is 0 Å². The predicted molar refractivity (Wildman–Crippen MR) is 97.6 cm³/mol. The van der Waals surface area contributed by atoms with Crippen LogP contribution in [-0.2, 0) is 23.0 Å². The van der Waals surface area contributed by atoms with Crippen LogP contribution in [-0.4, -0.2) is 5.49 Å². The largest absolute Gasteiger partial charge is 1.00 e. The van der Waals surface area contributed by atoms with Crippen molar-refractivity contribution in [2.75, 3.05) is 0 Å². The smallest absolute Gasteiger partial charge is 1.00 e. The summed E-state index contributed by atoms with van der Waals surface area (Å²) in [5.41, 5.74) is 6.00. The van der Waals surface area contributed by atoms with Crippen molar-refractivity contribution < 1.29 is 47.8 Å². The van der Waals surface area contributed by atoms with Crippen LogP contribution in [0.5, 0.6) is 0 Å². The Bertz CT molecular complexity index is 432. The van der Waals surface area contributed by atoms with Crippen LogP contribution in [0, 0.1) is 12.2 Å². The molecule has 136 valence electrons. The molecule has 2 rings (SSSR count). The third kappa shape index (κ3) is 17.5. The Morgan fingerprint density at radius 1 is 0.875 bits per heavy atom. The normalized spacial score (nSPS) is 14.3. The Hall–Kier alpha value is 0.627. The zero-order valence-corrected chi connectivity index (χ0v) is 22.3. The van der Waals surface area contributed by atoms with Gasteiger partial charge < -0.3 is 24.8 Å². The maximum absolute atomic E-state index is 3.28. The van der Waals surface area contributed by atoms with Gasteiger partial charge in [-0.3, -0.25) is 12.2 Å². The van der Waals surface area contributed by atoms with E-state index in [1.807, 2.05) is 0 Å². The number of halogens is 2. The van der Waals surface area contributed by atoms with E-state index >= 15 is 0 Å². The van der Waals surface area contributed by atoms with Crippen molar-refractivity contribution in [2.45, 2.75) is 79.3 Å². The van der Waals surface area contributed by atoms with Gasteiger partial charge in [-0.1, -0.05) is 40.5 Å².